The first-order valence-electron chi connectivity index (χ1n) is 24.1. The Morgan fingerprint density at radius 1 is 0.452 bits per heavy atom. The van der Waals surface area contributed by atoms with Gasteiger partial charge in [0.25, 0.3) is 5.69 Å². The molecule has 6 aromatic rings. The van der Waals surface area contributed by atoms with Gasteiger partial charge in [-0.15, -0.1) is 0 Å². The standard InChI is InChI=1S/C57H59NO15/c1-39(59)68-53-51(49(38-64-33-42-20-10-4-11-21-42)72-57(55(53)69-40(2)60)70-47-30-28-46(29-31-47)58(61)62)73-56-54(67-36-45-26-16-7-17-27-45)52(66-35-44-24-14-6-15-25-44)50(65-34-43-22-12-5-13-23-43)48(71-56)37-63-32-41-18-8-3-9-19-41/h3-31,48-57H,32-38H2,1-2H3/t48-,49-,50+,51+,52+,53+,54-,55-,56-,57-/m1/s1. The van der Waals surface area contributed by atoms with E-state index in [4.69, 9.17) is 52.1 Å². The number of nitro benzene ring substituents is 1. The van der Waals surface area contributed by atoms with Gasteiger partial charge in [0, 0.05) is 26.0 Å². The van der Waals surface area contributed by atoms with Crippen LogP contribution in [0.3, 0.4) is 0 Å². The minimum Gasteiger partial charge on any atom is -0.461 e. The van der Waals surface area contributed by atoms with Gasteiger partial charge in [-0.1, -0.05) is 152 Å². The third-order valence-corrected chi connectivity index (χ3v) is 12.0. The van der Waals surface area contributed by atoms with Crippen LogP contribution in [0.1, 0.15) is 41.7 Å². The minimum absolute atomic E-state index is 0.0180. The summed E-state index contributed by atoms with van der Waals surface area (Å²) in [5, 5.41) is 11.5. The number of nitrogens with zero attached hydrogens (tertiary/aromatic N) is 1. The van der Waals surface area contributed by atoms with Gasteiger partial charge in [-0.05, 0) is 39.9 Å². The number of benzene rings is 6. The summed E-state index contributed by atoms with van der Waals surface area (Å²) in [6, 6.07) is 53.5. The van der Waals surface area contributed by atoms with E-state index in [9.17, 15) is 19.7 Å². The van der Waals surface area contributed by atoms with Crippen LogP contribution in [0.25, 0.3) is 0 Å². The van der Waals surface area contributed by atoms with Gasteiger partial charge in [-0.2, -0.15) is 0 Å². The quantitative estimate of drug-likeness (QED) is 0.0319. The Hall–Kier alpha value is -6.86. The monoisotopic (exact) mass is 997 g/mol. The van der Waals surface area contributed by atoms with Gasteiger partial charge in [-0.3, -0.25) is 19.7 Å². The predicted octanol–water partition coefficient (Wildman–Crippen LogP) is 8.86. The molecule has 0 N–H and O–H groups in total. The van der Waals surface area contributed by atoms with E-state index in [1.807, 2.05) is 152 Å². The number of nitro groups is 1. The number of hydrogen-bond donors (Lipinski definition) is 0. The zero-order chi connectivity index (χ0) is 50.8. The molecule has 8 rings (SSSR count). The van der Waals surface area contributed by atoms with Crippen molar-refractivity contribution in [1.29, 1.82) is 0 Å². The van der Waals surface area contributed by atoms with E-state index in [1.54, 1.807) is 0 Å². The van der Waals surface area contributed by atoms with E-state index in [2.05, 4.69) is 0 Å². The number of hydrogen-bond acceptors (Lipinski definition) is 15. The highest BCUT2D eigenvalue weighted by Crippen LogP contribution is 2.37. The van der Waals surface area contributed by atoms with Gasteiger partial charge in [0.2, 0.25) is 12.4 Å². The van der Waals surface area contributed by atoms with Crippen LogP contribution in [0.5, 0.6) is 5.75 Å². The lowest BCUT2D eigenvalue weighted by atomic mass is 9.95. The van der Waals surface area contributed by atoms with E-state index in [0.29, 0.717) is 0 Å². The van der Waals surface area contributed by atoms with E-state index < -0.39 is 78.3 Å². The first-order valence-corrected chi connectivity index (χ1v) is 24.1. The molecule has 0 radical (unpaired) electrons. The van der Waals surface area contributed by atoms with Crippen molar-refractivity contribution >= 4 is 17.6 Å². The first kappa shape index (κ1) is 52.5. The third-order valence-electron chi connectivity index (χ3n) is 12.0. The fourth-order valence-corrected chi connectivity index (χ4v) is 8.57. The normalized spacial score (nSPS) is 23.8. The topological polar surface area (TPSA) is 179 Å². The van der Waals surface area contributed by atoms with Crippen molar-refractivity contribution < 1.29 is 66.6 Å². The molecule has 73 heavy (non-hydrogen) atoms. The Labute approximate surface area is 424 Å². The summed E-state index contributed by atoms with van der Waals surface area (Å²) in [5.74, 6) is -1.34. The highest BCUT2D eigenvalue weighted by molar-refractivity contribution is 5.67. The van der Waals surface area contributed by atoms with Crippen LogP contribution in [0.15, 0.2) is 176 Å². The summed E-state index contributed by atoms with van der Waals surface area (Å²) in [4.78, 5) is 37.3. The van der Waals surface area contributed by atoms with Gasteiger partial charge in [0.1, 0.15) is 42.4 Å². The van der Waals surface area contributed by atoms with Crippen LogP contribution in [0.2, 0.25) is 0 Å². The Morgan fingerprint density at radius 2 is 0.836 bits per heavy atom. The van der Waals surface area contributed by atoms with Crippen molar-refractivity contribution in [2.75, 3.05) is 13.2 Å². The van der Waals surface area contributed by atoms with Gasteiger partial charge >= 0.3 is 11.9 Å². The molecule has 0 bridgehead atoms. The fraction of sp³-hybridized carbons (Fsp3) is 0.333. The Balaban J connectivity index is 1.20. The number of rotatable bonds is 24. The molecule has 2 saturated heterocycles. The van der Waals surface area contributed by atoms with Crippen molar-refractivity contribution in [2.24, 2.45) is 0 Å². The second-order valence-electron chi connectivity index (χ2n) is 17.5. The second kappa shape index (κ2) is 26.7. The molecule has 16 heteroatoms. The molecule has 0 amide bonds. The van der Waals surface area contributed by atoms with Crippen molar-refractivity contribution in [3.05, 3.63) is 214 Å². The fourth-order valence-electron chi connectivity index (χ4n) is 8.57. The summed E-state index contributed by atoms with van der Waals surface area (Å²) in [7, 11) is 0. The van der Waals surface area contributed by atoms with Crippen molar-refractivity contribution in [2.45, 2.75) is 108 Å². The molecule has 16 nitrogen and oxygen atoms in total. The smallest absolute Gasteiger partial charge is 0.303 e. The lowest BCUT2D eigenvalue weighted by molar-refractivity contribution is -0.384. The number of non-ortho nitro benzene ring substituents is 1. The number of carbonyl (C=O) groups is 2. The number of esters is 2. The summed E-state index contributed by atoms with van der Waals surface area (Å²) >= 11 is 0. The van der Waals surface area contributed by atoms with Crippen LogP contribution in [0, 0.1) is 10.1 Å². The van der Waals surface area contributed by atoms with Gasteiger partial charge in [0.15, 0.2) is 12.4 Å². The van der Waals surface area contributed by atoms with Crippen LogP contribution >= 0.6 is 0 Å². The summed E-state index contributed by atoms with van der Waals surface area (Å²) < 4.78 is 72.6. The molecule has 382 valence electrons. The molecule has 0 saturated carbocycles. The number of ether oxygens (including phenoxy) is 11. The molecule has 0 unspecified atom stereocenters. The average molecular weight is 998 g/mol. The Morgan fingerprint density at radius 3 is 1.27 bits per heavy atom. The van der Waals surface area contributed by atoms with Gasteiger partial charge in [0.05, 0.1) is 51.2 Å². The van der Waals surface area contributed by atoms with E-state index in [1.165, 1.54) is 38.1 Å². The van der Waals surface area contributed by atoms with Gasteiger partial charge < -0.3 is 52.1 Å². The molecule has 10 atom stereocenters. The predicted molar refractivity (Wildman–Crippen MR) is 264 cm³/mol. The maximum absolute atomic E-state index is 13.3. The summed E-state index contributed by atoms with van der Waals surface area (Å²) in [5.41, 5.74) is 4.29. The molecule has 6 aromatic carbocycles. The zero-order valence-electron chi connectivity index (χ0n) is 40.5. The lowest BCUT2D eigenvalue weighted by Crippen LogP contribution is -2.67. The highest BCUT2D eigenvalue weighted by Gasteiger charge is 2.56. The van der Waals surface area contributed by atoms with Crippen molar-refractivity contribution in [3.8, 4) is 5.75 Å². The minimum atomic E-state index is -1.46. The van der Waals surface area contributed by atoms with Crippen LogP contribution in [0.4, 0.5) is 5.69 Å². The maximum Gasteiger partial charge on any atom is 0.303 e. The largest absolute Gasteiger partial charge is 0.461 e. The third kappa shape index (κ3) is 15.3. The summed E-state index contributed by atoms with van der Waals surface area (Å²) in [6.07, 6.45) is -11.7. The zero-order valence-corrected chi connectivity index (χ0v) is 40.5. The molecular weight excluding hydrogens is 939 g/mol. The first-order chi connectivity index (χ1) is 35.7. The summed E-state index contributed by atoms with van der Waals surface area (Å²) in [6.45, 7) is 3.13. The van der Waals surface area contributed by atoms with Crippen LogP contribution in [-0.4, -0.2) is 91.5 Å². The average Bonchev–Trinajstić information content (AvgIpc) is 3.40. The van der Waals surface area contributed by atoms with Crippen LogP contribution in [-0.2, 0) is 90.0 Å². The highest BCUT2D eigenvalue weighted by atomic mass is 16.8. The van der Waals surface area contributed by atoms with Gasteiger partial charge in [-0.25, -0.2) is 0 Å². The molecule has 2 heterocycles. The molecule has 2 fully saturated rings. The van der Waals surface area contributed by atoms with E-state index in [-0.39, 0.29) is 57.7 Å². The molecule has 2 aliphatic rings. The van der Waals surface area contributed by atoms with E-state index in [0.717, 1.165) is 27.8 Å². The Bertz CT molecular complexity index is 2600. The molecule has 2 aliphatic heterocycles. The molecule has 0 spiro atoms. The van der Waals surface area contributed by atoms with E-state index >= 15 is 0 Å². The molecule has 0 aromatic heterocycles. The molecular formula is C57H59NO15. The second-order valence-corrected chi connectivity index (χ2v) is 17.5. The Kier molecular flexibility index (Phi) is 19.2. The molecule has 0 aliphatic carbocycles. The van der Waals surface area contributed by atoms with Crippen molar-refractivity contribution in [1.82, 2.24) is 0 Å². The maximum atomic E-state index is 13.3. The lowest BCUT2D eigenvalue weighted by Gasteiger charge is -2.49. The van der Waals surface area contributed by atoms with Crippen LogP contribution < -0.4 is 4.74 Å². The van der Waals surface area contributed by atoms with Crippen molar-refractivity contribution in [3.63, 3.8) is 0 Å². The SMILES string of the molecule is CC(=O)O[C@H]1[C@@H](O[C@H]2O[C@H](COCc3ccccc3)[C@H](OCc3ccccc3)[C@H](OCc3ccccc3)[C@H]2OCc2ccccc2)[C@@H](COCc2ccccc2)O[C@@H](Oc2ccc([N+](=O)[O-])cc2)[C@@H]1OC(C)=O. The number of carbonyl (C=O) groups excluding carboxylic acids is 2.